The van der Waals surface area contributed by atoms with Crippen LogP contribution in [0.2, 0.25) is 0 Å². The van der Waals surface area contributed by atoms with Gasteiger partial charge in [-0.25, -0.2) is 4.79 Å². The third kappa shape index (κ3) is 10.8. The highest BCUT2D eigenvalue weighted by Gasteiger charge is 2.32. The minimum Gasteiger partial charge on any atom is -0.444 e. The van der Waals surface area contributed by atoms with Crippen molar-refractivity contribution < 1.29 is 26.6 Å². The predicted octanol–water partition coefficient (Wildman–Crippen LogP) is 2.04. The zero-order valence-electron chi connectivity index (χ0n) is 14.6. The Labute approximate surface area is 156 Å². The molecule has 1 saturated heterocycles. The van der Waals surface area contributed by atoms with E-state index in [0.717, 1.165) is 0 Å². The number of rotatable bonds is 9. The SMILES string of the molecule is CC(C)(C)OC(=O)NCCSSCCN1CC(CS(=O)(=O)F)CC1=O. The maximum absolute atomic E-state index is 12.7. The highest BCUT2D eigenvalue weighted by Crippen LogP contribution is 2.24. The average molecular weight is 417 g/mol. The third-order valence-electron chi connectivity index (χ3n) is 3.11. The Kier molecular flexibility index (Phi) is 8.82. The number of carbonyl (C=O) groups excluding carboxylic acids is 2. The zero-order chi connectivity index (χ0) is 19.1. The van der Waals surface area contributed by atoms with E-state index >= 15 is 0 Å². The van der Waals surface area contributed by atoms with Gasteiger partial charge in [-0.1, -0.05) is 21.6 Å². The zero-order valence-corrected chi connectivity index (χ0v) is 17.1. The van der Waals surface area contributed by atoms with Crippen LogP contribution in [-0.4, -0.2) is 67.8 Å². The summed E-state index contributed by atoms with van der Waals surface area (Å²) in [6, 6.07) is 0. The quantitative estimate of drug-likeness (QED) is 0.349. The molecule has 146 valence electrons. The van der Waals surface area contributed by atoms with Gasteiger partial charge >= 0.3 is 16.3 Å². The standard InChI is InChI=1S/C14H25FN2O5S3/c1-14(2,3)22-13(19)16-4-6-23-24-7-5-17-9-11(8-12(17)18)10-25(15,20)21/h11H,4-10H2,1-3H3,(H,16,19). The number of ether oxygens (including phenoxy) is 1. The van der Waals surface area contributed by atoms with Crippen LogP contribution in [-0.2, 0) is 19.8 Å². The van der Waals surface area contributed by atoms with Crippen LogP contribution in [0.4, 0.5) is 8.68 Å². The molecule has 2 amide bonds. The Morgan fingerprint density at radius 3 is 2.60 bits per heavy atom. The lowest BCUT2D eigenvalue weighted by Gasteiger charge is -2.19. The molecular formula is C14H25FN2O5S3. The minimum atomic E-state index is -4.54. The summed E-state index contributed by atoms with van der Waals surface area (Å²) in [6.45, 7) is 6.65. The number of carbonyl (C=O) groups is 2. The van der Waals surface area contributed by atoms with E-state index in [9.17, 15) is 21.9 Å². The summed E-state index contributed by atoms with van der Waals surface area (Å²) < 4.78 is 39.1. The van der Waals surface area contributed by atoms with Gasteiger partial charge in [0.2, 0.25) is 5.91 Å². The number of nitrogens with zero attached hydrogens (tertiary/aromatic N) is 1. The molecule has 0 radical (unpaired) electrons. The first-order chi connectivity index (χ1) is 11.5. The van der Waals surface area contributed by atoms with Gasteiger partial charge in [-0.15, -0.1) is 3.89 Å². The molecule has 11 heteroatoms. The molecule has 7 nitrogen and oxygen atoms in total. The summed E-state index contributed by atoms with van der Waals surface area (Å²) in [6.07, 6.45) is -0.365. The van der Waals surface area contributed by atoms with Crippen LogP contribution in [0.1, 0.15) is 27.2 Å². The molecular weight excluding hydrogens is 391 g/mol. The topological polar surface area (TPSA) is 92.8 Å². The van der Waals surface area contributed by atoms with E-state index in [0.29, 0.717) is 24.6 Å². The molecule has 0 bridgehead atoms. The maximum Gasteiger partial charge on any atom is 0.407 e. The molecule has 0 saturated carbocycles. The van der Waals surface area contributed by atoms with E-state index in [4.69, 9.17) is 4.74 Å². The van der Waals surface area contributed by atoms with Crippen molar-refractivity contribution in [2.75, 3.05) is 36.9 Å². The van der Waals surface area contributed by atoms with Gasteiger partial charge < -0.3 is 15.0 Å². The monoisotopic (exact) mass is 416 g/mol. The van der Waals surface area contributed by atoms with Crippen LogP contribution >= 0.6 is 21.6 Å². The van der Waals surface area contributed by atoms with Gasteiger partial charge in [0, 0.05) is 43.5 Å². The predicted molar refractivity (Wildman–Crippen MR) is 98.7 cm³/mol. The molecule has 0 aliphatic carbocycles. The fourth-order valence-electron chi connectivity index (χ4n) is 2.24. The number of hydrogen-bond acceptors (Lipinski definition) is 7. The first-order valence-corrected chi connectivity index (χ1v) is 11.9. The maximum atomic E-state index is 12.7. The van der Waals surface area contributed by atoms with E-state index < -0.39 is 33.6 Å². The molecule has 1 fully saturated rings. The van der Waals surface area contributed by atoms with E-state index in [2.05, 4.69) is 5.32 Å². The first kappa shape index (κ1) is 22.4. The van der Waals surface area contributed by atoms with Crippen LogP contribution < -0.4 is 5.32 Å². The number of amides is 2. The molecule has 0 aromatic carbocycles. The molecule has 1 N–H and O–H groups in total. The van der Waals surface area contributed by atoms with Crippen LogP contribution in [0.25, 0.3) is 0 Å². The molecule has 25 heavy (non-hydrogen) atoms. The van der Waals surface area contributed by atoms with Crippen LogP contribution in [0, 0.1) is 5.92 Å². The lowest BCUT2D eigenvalue weighted by molar-refractivity contribution is -0.127. The van der Waals surface area contributed by atoms with Crippen molar-refractivity contribution >= 4 is 43.8 Å². The van der Waals surface area contributed by atoms with Gasteiger partial charge in [0.1, 0.15) is 5.60 Å². The number of nitrogens with one attached hydrogen (secondary N) is 1. The minimum absolute atomic E-state index is 0.0841. The molecule has 1 rings (SSSR count). The summed E-state index contributed by atoms with van der Waals surface area (Å²) in [5, 5.41) is 2.65. The van der Waals surface area contributed by atoms with Crippen molar-refractivity contribution in [1.82, 2.24) is 10.2 Å². The number of alkyl carbamates (subject to hydrolysis) is 1. The molecule has 1 atom stereocenters. The van der Waals surface area contributed by atoms with Gasteiger partial charge in [-0.05, 0) is 20.8 Å². The van der Waals surface area contributed by atoms with E-state index in [1.165, 1.54) is 0 Å². The van der Waals surface area contributed by atoms with Crippen molar-refractivity contribution in [3.63, 3.8) is 0 Å². The molecule has 1 unspecified atom stereocenters. The van der Waals surface area contributed by atoms with Gasteiger partial charge in [-0.3, -0.25) is 4.79 Å². The van der Waals surface area contributed by atoms with Crippen LogP contribution in [0.5, 0.6) is 0 Å². The lowest BCUT2D eigenvalue weighted by atomic mass is 10.1. The van der Waals surface area contributed by atoms with E-state index in [1.54, 1.807) is 47.3 Å². The summed E-state index contributed by atoms with van der Waals surface area (Å²) in [4.78, 5) is 24.8. The Bertz CT molecular complexity index is 565. The fraction of sp³-hybridized carbons (Fsp3) is 0.857. The smallest absolute Gasteiger partial charge is 0.407 e. The summed E-state index contributed by atoms with van der Waals surface area (Å²) >= 11 is 0. The normalized spacial score (nSPS) is 18.5. The van der Waals surface area contributed by atoms with Crippen molar-refractivity contribution in [2.45, 2.75) is 32.8 Å². The van der Waals surface area contributed by atoms with E-state index in [1.807, 2.05) is 0 Å². The highest BCUT2D eigenvalue weighted by molar-refractivity contribution is 8.76. The largest absolute Gasteiger partial charge is 0.444 e. The number of hydrogen-bond donors (Lipinski definition) is 1. The Morgan fingerprint density at radius 2 is 2.00 bits per heavy atom. The second-order valence-electron chi connectivity index (χ2n) is 6.69. The molecule has 0 aromatic heterocycles. The van der Waals surface area contributed by atoms with Gasteiger partial charge in [0.05, 0.1) is 5.75 Å². The summed E-state index contributed by atoms with van der Waals surface area (Å²) in [5.74, 6) is 0.190. The molecule has 0 aromatic rings. The second kappa shape index (κ2) is 9.86. The van der Waals surface area contributed by atoms with Crippen molar-refractivity contribution in [2.24, 2.45) is 5.92 Å². The summed E-state index contributed by atoms with van der Waals surface area (Å²) in [7, 11) is -1.42. The Hall–Kier alpha value is -0.680. The lowest BCUT2D eigenvalue weighted by Crippen LogP contribution is -2.33. The van der Waals surface area contributed by atoms with Gasteiger partial charge in [0.15, 0.2) is 0 Å². The van der Waals surface area contributed by atoms with Crippen LogP contribution in [0.3, 0.4) is 0 Å². The van der Waals surface area contributed by atoms with Gasteiger partial charge in [-0.2, -0.15) is 8.42 Å². The van der Waals surface area contributed by atoms with Crippen molar-refractivity contribution in [3.05, 3.63) is 0 Å². The first-order valence-electron chi connectivity index (χ1n) is 7.87. The second-order valence-corrected chi connectivity index (χ2v) is 10.8. The van der Waals surface area contributed by atoms with E-state index in [-0.39, 0.29) is 18.9 Å². The van der Waals surface area contributed by atoms with Crippen LogP contribution in [0.15, 0.2) is 0 Å². The third-order valence-corrected chi connectivity index (χ3v) is 6.37. The van der Waals surface area contributed by atoms with Crippen molar-refractivity contribution in [3.8, 4) is 0 Å². The highest BCUT2D eigenvalue weighted by atomic mass is 33.1. The molecule has 1 aliphatic rings. The number of halogens is 1. The molecule has 1 heterocycles. The molecule has 0 spiro atoms. The Balaban J connectivity index is 2.08. The molecule has 1 aliphatic heterocycles. The Morgan fingerprint density at radius 1 is 1.36 bits per heavy atom. The fourth-order valence-corrected chi connectivity index (χ4v) is 4.92. The van der Waals surface area contributed by atoms with Gasteiger partial charge in [0.25, 0.3) is 0 Å². The number of likely N-dealkylation sites (tertiary alicyclic amines) is 1. The average Bonchev–Trinajstić information content (AvgIpc) is 2.73. The summed E-state index contributed by atoms with van der Waals surface area (Å²) in [5.41, 5.74) is -0.520. The van der Waals surface area contributed by atoms with Crippen molar-refractivity contribution in [1.29, 1.82) is 0 Å².